The molecular formula is C22H24FN5O. The van der Waals surface area contributed by atoms with Gasteiger partial charge in [0.25, 0.3) is 5.91 Å². The van der Waals surface area contributed by atoms with Crippen LogP contribution in [0.3, 0.4) is 0 Å². The molecule has 0 atom stereocenters. The maximum Gasteiger partial charge on any atom is 0.272 e. The quantitative estimate of drug-likeness (QED) is 0.636. The van der Waals surface area contributed by atoms with Crippen molar-refractivity contribution in [2.24, 2.45) is 0 Å². The molecule has 0 aliphatic rings. The highest BCUT2D eigenvalue weighted by molar-refractivity contribution is 5.92. The summed E-state index contributed by atoms with van der Waals surface area (Å²) in [6.45, 7) is 2.82. The first-order chi connectivity index (χ1) is 14.0. The van der Waals surface area contributed by atoms with E-state index < -0.39 is 0 Å². The summed E-state index contributed by atoms with van der Waals surface area (Å²) in [5, 5.41) is 3.16. The fourth-order valence-electron chi connectivity index (χ4n) is 2.94. The van der Waals surface area contributed by atoms with Crippen LogP contribution in [0, 0.1) is 12.7 Å². The van der Waals surface area contributed by atoms with E-state index in [0.717, 1.165) is 12.0 Å². The molecule has 0 unspecified atom stereocenters. The highest BCUT2D eigenvalue weighted by Gasteiger charge is 2.15. The summed E-state index contributed by atoms with van der Waals surface area (Å²) in [6, 6.07) is 12.2. The molecule has 0 radical (unpaired) electrons. The number of nitrogens with zero attached hydrogens (tertiary/aromatic N) is 4. The van der Waals surface area contributed by atoms with Crippen LogP contribution in [-0.2, 0) is 12.8 Å². The number of aromatic nitrogens is 3. The van der Waals surface area contributed by atoms with Crippen molar-refractivity contribution >= 4 is 11.7 Å². The van der Waals surface area contributed by atoms with Crippen molar-refractivity contribution in [2.45, 2.75) is 19.8 Å². The van der Waals surface area contributed by atoms with Crippen molar-refractivity contribution in [2.75, 3.05) is 25.5 Å². The lowest BCUT2D eigenvalue weighted by atomic mass is 10.1. The van der Waals surface area contributed by atoms with Crippen LogP contribution < -0.4 is 5.32 Å². The predicted molar refractivity (Wildman–Crippen MR) is 110 cm³/mol. The van der Waals surface area contributed by atoms with E-state index in [1.54, 1.807) is 49.5 Å². The van der Waals surface area contributed by atoms with Gasteiger partial charge in [0.2, 0.25) is 0 Å². The summed E-state index contributed by atoms with van der Waals surface area (Å²) < 4.78 is 13.7. The lowest BCUT2D eigenvalue weighted by Gasteiger charge is -2.17. The van der Waals surface area contributed by atoms with Gasteiger partial charge in [0.05, 0.1) is 0 Å². The zero-order valence-corrected chi connectivity index (χ0v) is 16.6. The van der Waals surface area contributed by atoms with Gasteiger partial charge >= 0.3 is 0 Å². The van der Waals surface area contributed by atoms with E-state index in [1.165, 1.54) is 6.07 Å². The van der Waals surface area contributed by atoms with Crippen LogP contribution in [-0.4, -0.2) is 45.9 Å². The van der Waals surface area contributed by atoms with E-state index in [2.05, 4.69) is 20.3 Å². The number of benzene rings is 1. The number of rotatable bonds is 8. The third-order valence-electron chi connectivity index (χ3n) is 4.55. The second-order valence-electron chi connectivity index (χ2n) is 6.79. The average Bonchev–Trinajstić information content (AvgIpc) is 2.73. The van der Waals surface area contributed by atoms with Gasteiger partial charge < -0.3 is 10.2 Å². The standard InChI is InChI=1S/C22H24FN5O/c1-16-26-20(22(29)28(2)14-10-17-7-11-24-12-8-17)15-21(27-16)25-13-9-18-5-3-4-6-19(18)23/h3-8,11-12,15H,9-10,13-14H2,1-2H3,(H,25,26,27). The SMILES string of the molecule is Cc1nc(NCCc2ccccc2F)cc(C(=O)N(C)CCc2ccncc2)n1. The van der Waals surface area contributed by atoms with Gasteiger partial charge in [-0.25, -0.2) is 14.4 Å². The van der Waals surface area contributed by atoms with E-state index in [4.69, 9.17) is 0 Å². The topological polar surface area (TPSA) is 71.0 Å². The van der Waals surface area contributed by atoms with E-state index >= 15 is 0 Å². The Morgan fingerprint density at radius 2 is 1.86 bits per heavy atom. The van der Waals surface area contributed by atoms with E-state index in [9.17, 15) is 9.18 Å². The number of amides is 1. The number of carbonyl (C=O) groups excluding carboxylic acids is 1. The molecule has 0 fully saturated rings. The van der Waals surface area contributed by atoms with Gasteiger partial charge in [0.1, 0.15) is 23.2 Å². The Balaban J connectivity index is 1.60. The van der Waals surface area contributed by atoms with Gasteiger partial charge in [-0.3, -0.25) is 9.78 Å². The summed E-state index contributed by atoms with van der Waals surface area (Å²) >= 11 is 0. The summed E-state index contributed by atoms with van der Waals surface area (Å²) in [5.74, 6) is 0.674. The van der Waals surface area contributed by atoms with Crippen LogP contribution in [0.2, 0.25) is 0 Å². The Labute approximate surface area is 169 Å². The molecule has 7 heteroatoms. The van der Waals surface area contributed by atoms with Crippen molar-refractivity contribution in [1.82, 2.24) is 19.9 Å². The molecule has 0 saturated heterocycles. The molecule has 150 valence electrons. The van der Waals surface area contributed by atoms with Crippen LogP contribution >= 0.6 is 0 Å². The summed E-state index contributed by atoms with van der Waals surface area (Å²) in [7, 11) is 1.76. The smallest absolute Gasteiger partial charge is 0.272 e. The van der Waals surface area contributed by atoms with Crippen LogP contribution in [0.1, 0.15) is 27.4 Å². The molecule has 1 N–H and O–H groups in total. The van der Waals surface area contributed by atoms with E-state index in [-0.39, 0.29) is 11.7 Å². The van der Waals surface area contributed by atoms with Crippen LogP contribution in [0.15, 0.2) is 54.9 Å². The maximum atomic E-state index is 13.7. The first-order valence-electron chi connectivity index (χ1n) is 9.50. The molecule has 0 aliphatic heterocycles. The third-order valence-corrected chi connectivity index (χ3v) is 4.55. The Bertz CT molecular complexity index is 964. The van der Waals surface area contributed by atoms with Crippen molar-refractivity contribution in [3.8, 4) is 0 Å². The minimum absolute atomic E-state index is 0.165. The fraction of sp³-hybridized carbons (Fsp3) is 0.273. The highest BCUT2D eigenvalue weighted by Crippen LogP contribution is 2.11. The lowest BCUT2D eigenvalue weighted by Crippen LogP contribution is -2.30. The predicted octanol–water partition coefficient (Wildman–Crippen LogP) is 3.29. The third kappa shape index (κ3) is 5.81. The number of halogens is 1. The second kappa shape index (κ2) is 9.73. The van der Waals surface area contributed by atoms with Crippen molar-refractivity contribution in [3.63, 3.8) is 0 Å². The minimum atomic E-state index is -0.222. The molecule has 0 saturated carbocycles. The van der Waals surface area contributed by atoms with E-state index in [0.29, 0.717) is 42.4 Å². The highest BCUT2D eigenvalue weighted by atomic mass is 19.1. The molecular weight excluding hydrogens is 369 g/mol. The van der Waals surface area contributed by atoms with Gasteiger partial charge in [-0.2, -0.15) is 0 Å². The molecule has 2 aromatic heterocycles. The van der Waals surface area contributed by atoms with Gasteiger partial charge in [-0.05, 0) is 49.1 Å². The Morgan fingerprint density at radius 1 is 1.10 bits per heavy atom. The molecule has 1 aromatic carbocycles. The summed E-state index contributed by atoms with van der Waals surface area (Å²) in [5.41, 5.74) is 2.09. The zero-order chi connectivity index (χ0) is 20.6. The Morgan fingerprint density at radius 3 is 2.62 bits per heavy atom. The number of pyridine rings is 1. The number of hydrogen-bond acceptors (Lipinski definition) is 5. The largest absolute Gasteiger partial charge is 0.370 e. The van der Waals surface area contributed by atoms with Crippen molar-refractivity contribution in [3.05, 3.63) is 83.3 Å². The first kappa shape index (κ1) is 20.4. The number of anilines is 1. The average molecular weight is 393 g/mol. The number of aryl methyl sites for hydroxylation is 1. The van der Waals surface area contributed by atoms with Gasteiger partial charge in [-0.1, -0.05) is 18.2 Å². The normalized spacial score (nSPS) is 10.6. The van der Waals surface area contributed by atoms with E-state index in [1.807, 2.05) is 18.2 Å². The molecule has 2 heterocycles. The number of hydrogen-bond donors (Lipinski definition) is 1. The summed E-state index contributed by atoms with van der Waals surface area (Å²) in [6.07, 6.45) is 4.74. The maximum absolute atomic E-state index is 13.7. The first-order valence-corrected chi connectivity index (χ1v) is 9.50. The Hall–Kier alpha value is -3.35. The number of carbonyl (C=O) groups is 1. The van der Waals surface area contributed by atoms with Crippen LogP contribution in [0.25, 0.3) is 0 Å². The zero-order valence-electron chi connectivity index (χ0n) is 16.6. The van der Waals surface area contributed by atoms with Crippen LogP contribution in [0.4, 0.5) is 10.2 Å². The summed E-state index contributed by atoms with van der Waals surface area (Å²) in [4.78, 5) is 27.0. The van der Waals surface area contributed by atoms with Gasteiger partial charge in [-0.15, -0.1) is 0 Å². The van der Waals surface area contributed by atoms with Crippen LogP contribution in [0.5, 0.6) is 0 Å². The molecule has 0 aliphatic carbocycles. The van der Waals surface area contributed by atoms with Gasteiger partial charge in [0, 0.05) is 38.6 Å². The minimum Gasteiger partial charge on any atom is -0.370 e. The van der Waals surface area contributed by atoms with Crippen molar-refractivity contribution < 1.29 is 9.18 Å². The molecule has 3 aromatic rings. The Kier molecular flexibility index (Phi) is 6.84. The molecule has 1 amide bonds. The monoisotopic (exact) mass is 393 g/mol. The number of nitrogens with one attached hydrogen (secondary N) is 1. The molecule has 6 nitrogen and oxygen atoms in total. The molecule has 0 spiro atoms. The van der Waals surface area contributed by atoms with Gasteiger partial charge in [0.15, 0.2) is 0 Å². The van der Waals surface area contributed by atoms with Crippen molar-refractivity contribution in [1.29, 1.82) is 0 Å². The fourth-order valence-corrected chi connectivity index (χ4v) is 2.94. The second-order valence-corrected chi connectivity index (χ2v) is 6.79. The molecule has 3 rings (SSSR count). The molecule has 29 heavy (non-hydrogen) atoms. The lowest BCUT2D eigenvalue weighted by molar-refractivity contribution is 0.0790. The molecule has 0 bridgehead atoms. The number of likely N-dealkylation sites (N-methyl/N-ethyl adjacent to an activating group) is 1.